The molecule has 34 heavy (non-hydrogen) atoms. The van der Waals surface area contributed by atoms with E-state index in [1.165, 1.54) is 50.8 Å². The highest BCUT2D eigenvalue weighted by molar-refractivity contribution is 7.92. The molecular weight excluding hydrogens is 501 g/mol. The number of sulfonamides is 1. The molecule has 0 heterocycles. The number of anilines is 1. The maximum absolute atomic E-state index is 13.3. The summed E-state index contributed by atoms with van der Waals surface area (Å²) in [6, 6.07) is 17.1. The molecule has 0 spiro atoms. The Kier molecular flexibility index (Phi) is 8.38. The van der Waals surface area contributed by atoms with Gasteiger partial charge in [-0.05, 0) is 48.5 Å². The van der Waals surface area contributed by atoms with Gasteiger partial charge in [-0.15, -0.1) is 0 Å². The quantitative estimate of drug-likeness (QED) is 0.333. The van der Waals surface area contributed by atoms with Crippen LogP contribution < -0.4 is 19.2 Å². The molecule has 0 unspecified atom stereocenters. The van der Waals surface area contributed by atoms with E-state index in [9.17, 15) is 13.2 Å². The predicted octanol–water partition coefficient (Wildman–Crippen LogP) is 4.36. The molecule has 3 aromatic rings. The van der Waals surface area contributed by atoms with Crippen LogP contribution in [0, 0.1) is 0 Å². The largest absolute Gasteiger partial charge is 0.497 e. The molecule has 3 aromatic carbocycles. The Balaban J connectivity index is 1.87. The fraction of sp³-hybridized carbons (Fsp3) is 0.130. The molecule has 0 aliphatic rings. The zero-order valence-electron chi connectivity index (χ0n) is 18.2. The molecule has 0 fully saturated rings. The van der Waals surface area contributed by atoms with Gasteiger partial charge in [-0.3, -0.25) is 9.10 Å². The number of hydrogen-bond donors (Lipinski definition) is 1. The highest BCUT2D eigenvalue weighted by Crippen LogP contribution is 2.32. The second-order valence-corrected chi connectivity index (χ2v) is 9.53. The van der Waals surface area contributed by atoms with E-state index in [1.807, 2.05) is 0 Å². The van der Waals surface area contributed by atoms with Gasteiger partial charge in [-0.1, -0.05) is 41.4 Å². The fourth-order valence-electron chi connectivity index (χ4n) is 2.98. The minimum atomic E-state index is -4.12. The number of hydrogen-bond acceptors (Lipinski definition) is 6. The predicted molar refractivity (Wildman–Crippen MR) is 133 cm³/mol. The number of ether oxygens (including phenoxy) is 2. The smallest absolute Gasteiger partial charge is 0.264 e. The third kappa shape index (κ3) is 5.99. The highest BCUT2D eigenvalue weighted by atomic mass is 35.5. The van der Waals surface area contributed by atoms with Crippen molar-refractivity contribution in [3.63, 3.8) is 0 Å². The molecular formula is C23H21Cl2N3O5S. The number of benzene rings is 3. The second-order valence-electron chi connectivity index (χ2n) is 6.82. The van der Waals surface area contributed by atoms with Gasteiger partial charge in [0.25, 0.3) is 15.9 Å². The first kappa shape index (κ1) is 25.4. The maximum atomic E-state index is 13.3. The third-order valence-electron chi connectivity index (χ3n) is 4.63. The Morgan fingerprint density at radius 3 is 2.41 bits per heavy atom. The molecule has 178 valence electrons. The molecule has 0 aliphatic heterocycles. The topological polar surface area (TPSA) is 97.3 Å². The molecule has 11 heteroatoms. The average Bonchev–Trinajstić information content (AvgIpc) is 2.83. The zero-order chi connectivity index (χ0) is 24.7. The van der Waals surface area contributed by atoms with E-state index in [0.29, 0.717) is 22.1 Å². The number of amides is 1. The van der Waals surface area contributed by atoms with Gasteiger partial charge in [0, 0.05) is 10.6 Å². The van der Waals surface area contributed by atoms with Crippen molar-refractivity contribution in [1.29, 1.82) is 0 Å². The maximum Gasteiger partial charge on any atom is 0.264 e. The van der Waals surface area contributed by atoms with E-state index < -0.39 is 22.5 Å². The highest BCUT2D eigenvalue weighted by Gasteiger charge is 2.28. The standard InChI is InChI=1S/C23H21Cl2N3O5S/c1-32-18-9-11-22(33-2)16(12-18)14-26-27-23(29)15-28(21-10-8-17(24)13-20(21)25)34(30,31)19-6-4-3-5-7-19/h3-14H,15H2,1-2H3,(H,27,29)/b26-14-. The van der Waals surface area contributed by atoms with Gasteiger partial charge in [0.1, 0.15) is 18.0 Å². The summed E-state index contributed by atoms with van der Waals surface area (Å²) in [5.74, 6) is 0.398. The van der Waals surface area contributed by atoms with E-state index in [1.54, 1.807) is 36.4 Å². The van der Waals surface area contributed by atoms with Crippen LogP contribution in [-0.4, -0.2) is 41.3 Å². The summed E-state index contributed by atoms with van der Waals surface area (Å²) in [5.41, 5.74) is 2.99. The van der Waals surface area contributed by atoms with Gasteiger partial charge in [0.05, 0.1) is 36.0 Å². The van der Waals surface area contributed by atoms with Crippen LogP contribution in [0.2, 0.25) is 10.0 Å². The number of carbonyl (C=O) groups excluding carboxylic acids is 1. The molecule has 0 saturated heterocycles. The van der Waals surface area contributed by atoms with Crippen molar-refractivity contribution >= 4 is 51.0 Å². The average molecular weight is 522 g/mol. The first-order valence-corrected chi connectivity index (χ1v) is 12.0. The van der Waals surface area contributed by atoms with Crippen molar-refractivity contribution < 1.29 is 22.7 Å². The summed E-state index contributed by atoms with van der Waals surface area (Å²) in [7, 11) is -1.10. The number of rotatable bonds is 9. The van der Waals surface area contributed by atoms with E-state index >= 15 is 0 Å². The molecule has 0 saturated carbocycles. The van der Waals surface area contributed by atoms with Gasteiger partial charge < -0.3 is 9.47 Å². The van der Waals surface area contributed by atoms with Gasteiger partial charge in [0.15, 0.2) is 0 Å². The van der Waals surface area contributed by atoms with E-state index in [4.69, 9.17) is 32.7 Å². The summed E-state index contributed by atoms with van der Waals surface area (Å²) in [4.78, 5) is 12.7. The molecule has 0 bridgehead atoms. The Labute approximate surface area is 207 Å². The van der Waals surface area contributed by atoms with Crippen molar-refractivity contribution in [2.75, 3.05) is 25.1 Å². The van der Waals surface area contributed by atoms with Crippen LogP contribution in [0.4, 0.5) is 5.69 Å². The molecule has 0 atom stereocenters. The molecule has 0 radical (unpaired) electrons. The van der Waals surface area contributed by atoms with Gasteiger partial charge in [-0.25, -0.2) is 13.8 Å². The number of hydrazone groups is 1. The lowest BCUT2D eigenvalue weighted by Gasteiger charge is -2.24. The van der Waals surface area contributed by atoms with Crippen molar-refractivity contribution in [3.8, 4) is 11.5 Å². The zero-order valence-corrected chi connectivity index (χ0v) is 20.6. The molecule has 3 rings (SSSR count). The first-order chi connectivity index (χ1) is 16.3. The number of carbonyl (C=O) groups is 1. The normalized spacial score (nSPS) is 11.3. The molecule has 8 nitrogen and oxygen atoms in total. The van der Waals surface area contributed by atoms with Gasteiger partial charge >= 0.3 is 0 Å². The van der Waals surface area contributed by atoms with Crippen LogP contribution in [0.3, 0.4) is 0 Å². The van der Waals surface area contributed by atoms with Crippen molar-refractivity contribution in [3.05, 3.63) is 82.3 Å². The van der Waals surface area contributed by atoms with Crippen LogP contribution in [0.15, 0.2) is 76.7 Å². The van der Waals surface area contributed by atoms with Crippen molar-refractivity contribution in [1.82, 2.24) is 5.43 Å². The van der Waals surface area contributed by atoms with Crippen LogP contribution in [0.1, 0.15) is 5.56 Å². The van der Waals surface area contributed by atoms with Crippen molar-refractivity contribution in [2.24, 2.45) is 5.10 Å². The number of halogens is 2. The lowest BCUT2D eigenvalue weighted by molar-refractivity contribution is -0.119. The SMILES string of the molecule is COc1ccc(OC)c(/C=N\NC(=O)CN(c2ccc(Cl)cc2Cl)S(=O)(=O)c2ccccc2)c1. The summed E-state index contributed by atoms with van der Waals surface area (Å²) in [6.45, 7) is -0.578. The second kappa shape index (κ2) is 11.2. The Morgan fingerprint density at radius 2 is 1.76 bits per heavy atom. The van der Waals surface area contributed by atoms with E-state index in [-0.39, 0.29) is 15.6 Å². The Morgan fingerprint density at radius 1 is 1.03 bits per heavy atom. The summed E-state index contributed by atoms with van der Waals surface area (Å²) < 4.78 is 38.0. The summed E-state index contributed by atoms with van der Waals surface area (Å²) in [6.07, 6.45) is 1.37. The third-order valence-corrected chi connectivity index (χ3v) is 6.94. The monoisotopic (exact) mass is 521 g/mol. The number of methoxy groups -OCH3 is 2. The Bertz CT molecular complexity index is 1300. The van der Waals surface area contributed by atoms with Crippen LogP contribution in [0.5, 0.6) is 11.5 Å². The number of nitrogens with zero attached hydrogens (tertiary/aromatic N) is 2. The number of nitrogens with one attached hydrogen (secondary N) is 1. The minimum Gasteiger partial charge on any atom is -0.497 e. The summed E-state index contributed by atoms with van der Waals surface area (Å²) in [5, 5.41) is 4.33. The molecule has 1 N–H and O–H groups in total. The first-order valence-electron chi connectivity index (χ1n) is 9.83. The lowest BCUT2D eigenvalue weighted by Crippen LogP contribution is -2.39. The molecule has 1 amide bonds. The lowest BCUT2D eigenvalue weighted by atomic mass is 10.2. The Hall–Kier alpha value is -3.27. The van der Waals surface area contributed by atoms with Crippen LogP contribution >= 0.6 is 23.2 Å². The fourth-order valence-corrected chi connectivity index (χ4v) is 5.00. The van der Waals surface area contributed by atoms with Gasteiger partial charge in [0.2, 0.25) is 0 Å². The van der Waals surface area contributed by atoms with Crippen molar-refractivity contribution in [2.45, 2.75) is 4.90 Å². The van der Waals surface area contributed by atoms with Gasteiger partial charge in [-0.2, -0.15) is 5.10 Å². The minimum absolute atomic E-state index is 0.00145. The van der Waals surface area contributed by atoms with Crippen LogP contribution in [-0.2, 0) is 14.8 Å². The summed E-state index contributed by atoms with van der Waals surface area (Å²) >= 11 is 12.2. The molecule has 0 aliphatic carbocycles. The van der Waals surface area contributed by atoms with E-state index in [0.717, 1.165) is 4.31 Å². The molecule has 0 aromatic heterocycles. The van der Waals surface area contributed by atoms with Crippen LogP contribution in [0.25, 0.3) is 0 Å². The van der Waals surface area contributed by atoms with E-state index in [2.05, 4.69) is 10.5 Å².